The van der Waals surface area contributed by atoms with Gasteiger partial charge in [-0.2, -0.15) is 5.10 Å². The molecule has 0 unspecified atom stereocenters. The van der Waals surface area contributed by atoms with Crippen molar-refractivity contribution in [3.8, 4) is 5.75 Å². The maximum Gasteiger partial charge on any atom is 0.262 e. The topological polar surface area (TPSA) is 89.0 Å². The lowest BCUT2D eigenvalue weighted by Crippen LogP contribution is -2.27. The fourth-order valence-electron chi connectivity index (χ4n) is 3.54. The van der Waals surface area contributed by atoms with E-state index in [-0.39, 0.29) is 11.5 Å². The van der Waals surface area contributed by atoms with Gasteiger partial charge in [0.05, 0.1) is 18.0 Å². The van der Waals surface area contributed by atoms with E-state index in [4.69, 9.17) is 4.74 Å². The van der Waals surface area contributed by atoms with Gasteiger partial charge in [-0.1, -0.05) is 18.2 Å². The van der Waals surface area contributed by atoms with Crippen molar-refractivity contribution in [2.45, 2.75) is 19.9 Å². The van der Waals surface area contributed by atoms with Crippen LogP contribution < -0.4 is 15.6 Å². The smallest absolute Gasteiger partial charge is 0.262 e. The Hall–Kier alpha value is -3.61. The van der Waals surface area contributed by atoms with Gasteiger partial charge in [0.2, 0.25) is 0 Å². The molecule has 0 fully saturated rings. The average molecular weight is 390 g/mol. The molecule has 29 heavy (non-hydrogen) atoms. The molecule has 7 nitrogen and oxygen atoms in total. The van der Waals surface area contributed by atoms with Crippen LogP contribution in [-0.4, -0.2) is 34.3 Å². The van der Waals surface area contributed by atoms with Gasteiger partial charge >= 0.3 is 0 Å². The number of nitrogens with one attached hydrogen (secondary N) is 2. The number of carbonyl (C=O) groups is 1. The number of rotatable bonds is 6. The quantitative estimate of drug-likeness (QED) is 0.495. The van der Waals surface area contributed by atoms with E-state index in [1.54, 1.807) is 35.9 Å². The number of para-hydroxylation sites is 1. The standard InChI is InChI=1S/C22H22N4O3/c1-14-19-20(25-24-14)17-6-3-4-7-18(17)26(22(19)28)13-5-12-23-21(27)15-8-10-16(29-2)11-9-15/h3-4,6-11H,5,12-13H2,1-2H3,(H,23,27)(H,24,25). The molecule has 0 radical (unpaired) electrons. The first-order valence-electron chi connectivity index (χ1n) is 9.48. The summed E-state index contributed by atoms with van der Waals surface area (Å²) in [4.78, 5) is 25.3. The number of hydrogen-bond acceptors (Lipinski definition) is 4. The molecule has 0 bridgehead atoms. The summed E-state index contributed by atoms with van der Waals surface area (Å²) in [5.74, 6) is 0.559. The summed E-state index contributed by atoms with van der Waals surface area (Å²) >= 11 is 0. The molecule has 0 atom stereocenters. The Kier molecular flexibility index (Phi) is 5.03. The van der Waals surface area contributed by atoms with Gasteiger partial charge in [0.15, 0.2) is 0 Å². The molecule has 0 aliphatic heterocycles. The number of benzene rings is 2. The molecule has 0 aliphatic carbocycles. The van der Waals surface area contributed by atoms with Crippen molar-refractivity contribution < 1.29 is 9.53 Å². The average Bonchev–Trinajstić information content (AvgIpc) is 3.15. The summed E-state index contributed by atoms with van der Waals surface area (Å²) in [6.07, 6.45) is 0.633. The molecule has 0 saturated heterocycles. The first-order valence-corrected chi connectivity index (χ1v) is 9.48. The van der Waals surface area contributed by atoms with E-state index in [2.05, 4.69) is 15.5 Å². The third-order valence-corrected chi connectivity index (χ3v) is 5.05. The van der Waals surface area contributed by atoms with E-state index in [1.165, 1.54) is 0 Å². The molecule has 7 heteroatoms. The minimum atomic E-state index is -0.147. The number of aryl methyl sites for hydroxylation is 2. The van der Waals surface area contributed by atoms with Gasteiger partial charge in [0.1, 0.15) is 11.3 Å². The van der Waals surface area contributed by atoms with Gasteiger partial charge < -0.3 is 14.6 Å². The van der Waals surface area contributed by atoms with Crippen molar-refractivity contribution in [2.24, 2.45) is 0 Å². The van der Waals surface area contributed by atoms with E-state index in [1.807, 2.05) is 31.2 Å². The lowest BCUT2D eigenvalue weighted by molar-refractivity contribution is 0.0952. The molecule has 2 heterocycles. The monoisotopic (exact) mass is 390 g/mol. The van der Waals surface area contributed by atoms with Crippen molar-refractivity contribution in [3.05, 3.63) is 70.1 Å². The number of pyridine rings is 1. The molecule has 148 valence electrons. The van der Waals surface area contributed by atoms with Crippen molar-refractivity contribution in [1.29, 1.82) is 0 Å². The zero-order chi connectivity index (χ0) is 20.4. The molecule has 2 aromatic carbocycles. The number of methoxy groups -OCH3 is 1. The second kappa shape index (κ2) is 7.79. The Bertz CT molecular complexity index is 1240. The van der Waals surface area contributed by atoms with E-state index >= 15 is 0 Å². The van der Waals surface area contributed by atoms with Crippen LogP contribution in [0.25, 0.3) is 21.8 Å². The number of amides is 1. The van der Waals surface area contributed by atoms with Gasteiger partial charge in [-0.05, 0) is 43.7 Å². The lowest BCUT2D eigenvalue weighted by atomic mass is 10.1. The Morgan fingerprint density at radius 1 is 1.17 bits per heavy atom. The number of fused-ring (bicyclic) bond motifs is 3. The molecular formula is C22H22N4O3. The van der Waals surface area contributed by atoms with Crippen LogP contribution in [-0.2, 0) is 6.54 Å². The van der Waals surface area contributed by atoms with Gasteiger partial charge in [0, 0.05) is 29.7 Å². The van der Waals surface area contributed by atoms with Crippen molar-refractivity contribution in [2.75, 3.05) is 13.7 Å². The summed E-state index contributed by atoms with van der Waals surface area (Å²) in [6.45, 7) is 2.82. The Morgan fingerprint density at radius 3 is 2.69 bits per heavy atom. The zero-order valence-corrected chi connectivity index (χ0v) is 16.4. The number of carbonyl (C=O) groups excluding carboxylic acids is 1. The van der Waals surface area contributed by atoms with Gasteiger partial charge in [-0.3, -0.25) is 14.7 Å². The summed E-state index contributed by atoms with van der Waals surface area (Å²) in [6, 6.07) is 14.7. The SMILES string of the molecule is COc1ccc(C(=O)NCCCn2c(=O)c3c(C)[nH]nc3c3ccccc32)cc1. The third-order valence-electron chi connectivity index (χ3n) is 5.05. The summed E-state index contributed by atoms with van der Waals surface area (Å²) in [7, 11) is 1.59. The Balaban J connectivity index is 1.50. The Morgan fingerprint density at radius 2 is 1.93 bits per heavy atom. The molecule has 0 spiro atoms. The number of H-pyrrole nitrogens is 1. The second-order valence-corrected chi connectivity index (χ2v) is 6.88. The van der Waals surface area contributed by atoms with Crippen LogP contribution in [0.15, 0.2) is 53.3 Å². The number of aromatic amines is 1. The van der Waals surface area contributed by atoms with Crippen molar-refractivity contribution in [3.63, 3.8) is 0 Å². The normalized spacial score (nSPS) is 11.1. The second-order valence-electron chi connectivity index (χ2n) is 6.88. The van der Waals surface area contributed by atoms with E-state index in [0.717, 1.165) is 16.6 Å². The summed E-state index contributed by atoms with van der Waals surface area (Å²) in [5.41, 5.74) is 2.82. The highest BCUT2D eigenvalue weighted by atomic mass is 16.5. The van der Waals surface area contributed by atoms with E-state index in [0.29, 0.717) is 41.7 Å². The van der Waals surface area contributed by atoms with Crippen LogP contribution in [0.5, 0.6) is 5.75 Å². The highest BCUT2D eigenvalue weighted by Crippen LogP contribution is 2.22. The molecule has 4 aromatic rings. The molecule has 0 saturated carbocycles. The number of hydrogen-bond donors (Lipinski definition) is 2. The number of nitrogens with zero attached hydrogens (tertiary/aromatic N) is 2. The minimum Gasteiger partial charge on any atom is -0.497 e. The van der Waals surface area contributed by atoms with Crippen LogP contribution in [0.3, 0.4) is 0 Å². The first-order chi connectivity index (χ1) is 14.1. The van der Waals surface area contributed by atoms with Crippen molar-refractivity contribution in [1.82, 2.24) is 20.1 Å². The Labute approximate surface area is 167 Å². The molecule has 2 aromatic heterocycles. The highest BCUT2D eigenvalue weighted by molar-refractivity contribution is 6.03. The first kappa shape index (κ1) is 18.7. The van der Waals surface area contributed by atoms with Crippen molar-refractivity contribution >= 4 is 27.7 Å². The number of aromatic nitrogens is 3. The fourth-order valence-corrected chi connectivity index (χ4v) is 3.54. The predicted molar refractivity (Wildman–Crippen MR) is 113 cm³/mol. The van der Waals surface area contributed by atoms with Crippen LogP contribution in [0.4, 0.5) is 0 Å². The zero-order valence-electron chi connectivity index (χ0n) is 16.4. The molecular weight excluding hydrogens is 368 g/mol. The predicted octanol–water partition coefficient (Wildman–Crippen LogP) is 3.01. The molecule has 1 amide bonds. The minimum absolute atomic E-state index is 0.0635. The number of ether oxygens (including phenoxy) is 1. The molecule has 2 N–H and O–H groups in total. The van der Waals surface area contributed by atoms with E-state index < -0.39 is 0 Å². The lowest BCUT2D eigenvalue weighted by Gasteiger charge is -2.12. The van der Waals surface area contributed by atoms with Crippen LogP contribution in [0, 0.1) is 6.92 Å². The molecule has 4 rings (SSSR count). The van der Waals surface area contributed by atoms with Gasteiger partial charge in [0.25, 0.3) is 11.5 Å². The fraction of sp³-hybridized carbons (Fsp3) is 0.227. The largest absolute Gasteiger partial charge is 0.497 e. The highest BCUT2D eigenvalue weighted by Gasteiger charge is 2.14. The third kappa shape index (κ3) is 3.47. The maximum absolute atomic E-state index is 13.0. The summed E-state index contributed by atoms with van der Waals surface area (Å²) in [5, 5.41) is 11.7. The van der Waals surface area contributed by atoms with E-state index in [9.17, 15) is 9.59 Å². The molecule has 0 aliphatic rings. The van der Waals surface area contributed by atoms with Crippen LogP contribution in [0.2, 0.25) is 0 Å². The van der Waals surface area contributed by atoms with Crippen LogP contribution in [0.1, 0.15) is 22.5 Å². The summed E-state index contributed by atoms with van der Waals surface area (Å²) < 4.78 is 6.87. The maximum atomic E-state index is 13.0. The van der Waals surface area contributed by atoms with Crippen LogP contribution >= 0.6 is 0 Å². The van der Waals surface area contributed by atoms with Gasteiger partial charge in [-0.15, -0.1) is 0 Å². The van der Waals surface area contributed by atoms with Gasteiger partial charge in [-0.25, -0.2) is 0 Å².